The number of allylic oxidation sites excluding steroid dienone is 1. The standard InChI is InChI=1S/C26H26BrNO4/c1-26(2,3)32-25(30)28-22-12-8-6-10-18(22)19-14-13-16(24(29)31-4)15-20(23(19)28)17-9-5-7-11-21(17)27/h5-12,14-15,20,23H,13H2,1-4H3/t20-,23-/m0/s1. The fraction of sp³-hybridized carbons (Fsp3) is 0.308. The maximum Gasteiger partial charge on any atom is 0.415 e. The van der Waals surface area contributed by atoms with Crippen LogP contribution >= 0.6 is 15.9 Å². The van der Waals surface area contributed by atoms with Crippen LogP contribution in [-0.4, -0.2) is 30.8 Å². The van der Waals surface area contributed by atoms with E-state index in [9.17, 15) is 9.59 Å². The average Bonchev–Trinajstić information content (AvgIpc) is 2.95. The number of nitrogens with zero attached hydrogens (tertiary/aromatic N) is 1. The number of para-hydroxylation sites is 1. The van der Waals surface area contributed by atoms with Crippen LogP contribution in [0.4, 0.5) is 10.5 Å². The second-order valence-corrected chi connectivity index (χ2v) is 9.76. The summed E-state index contributed by atoms with van der Waals surface area (Å²) in [6.07, 6.45) is 3.98. The van der Waals surface area contributed by atoms with E-state index in [1.807, 2.05) is 81.5 Å². The third-order valence-electron chi connectivity index (χ3n) is 5.64. The van der Waals surface area contributed by atoms with E-state index in [0.717, 1.165) is 26.9 Å². The van der Waals surface area contributed by atoms with Crippen molar-refractivity contribution < 1.29 is 19.1 Å². The number of methoxy groups -OCH3 is 1. The lowest BCUT2D eigenvalue weighted by Gasteiger charge is -2.33. The minimum atomic E-state index is -0.640. The smallest absolute Gasteiger partial charge is 0.415 e. The van der Waals surface area contributed by atoms with Gasteiger partial charge in [0, 0.05) is 21.5 Å². The Morgan fingerprint density at radius 2 is 1.75 bits per heavy atom. The monoisotopic (exact) mass is 495 g/mol. The zero-order chi connectivity index (χ0) is 23.0. The van der Waals surface area contributed by atoms with Crippen LogP contribution in [0.15, 0.2) is 70.7 Å². The van der Waals surface area contributed by atoms with Gasteiger partial charge in [-0.05, 0) is 50.5 Å². The molecule has 0 bridgehead atoms. The summed E-state index contributed by atoms with van der Waals surface area (Å²) in [7, 11) is 1.39. The first kappa shape index (κ1) is 22.3. The number of halogens is 1. The quantitative estimate of drug-likeness (QED) is 0.462. The molecule has 6 heteroatoms. The number of carbonyl (C=O) groups is 2. The first-order valence-corrected chi connectivity index (χ1v) is 11.4. The number of rotatable bonds is 2. The van der Waals surface area contributed by atoms with Crippen molar-refractivity contribution in [2.45, 2.75) is 44.8 Å². The Morgan fingerprint density at radius 1 is 1.06 bits per heavy atom. The molecule has 1 aliphatic heterocycles. The SMILES string of the molecule is COC(=O)C1=C[C@@H](c2ccccc2Br)[C@@H]2C(=CC1)c1ccccc1N2C(=O)OC(C)(C)C. The van der Waals surface area contributed by atoms with Gasteiger partial charge in [0.1, 0.15) is 5.60 Å². The predicted octanol–water partition coefficient (Wildman–Crippen LogP) is 6.24. The summed E-state index contributed by atoms with van der Waals surface area (Å²) < 4.78 is 11.8. The zero-order valence-corrected chi connectivity index (χ0v) is 20.2. The van der Waals surface area contributed by atoms with Crippen molar-refractivity contribution in [1.82, 2.24) is 0 Å². The van der Waals surface area contributed by atoms with Crippen LogP contribution in [-0.2, 0) is 14.3 Å². The highest BCUT2D eigenvalue weighted by Crippen LogP contribution is 2.49. The molecule has 0 unspecified atom stereocenters. The lowest BCUT2D eigenvalue weighted by molar-refractivity contribution is -0.136. The van der Waals surface area contributed by atoms with Gasteiger partial charge in [0.2, 0.25) is 0 Å². The van der Waals surface area contributed by atoms with Crippen LogP contribution < -0.4 is 4.90 Å². The summed E-state index contributed by atoms with van der Waals surface area (Å²) in [5, 5.41) is 0. The van der Waals surface area contributed by atoms with Gasteiger partial charge in [-0.1, -0.05) is 64.5 Å². The number of benzene rings is 2. The molecule has 0 aromatic heterocycles. The molecule has 32 heavy (non-hydrogen) atoms. The van der Waals surface area contributed by atoms with Gasteiger partial charge in [0.25, 0.3) is 0 Å². The third-order valence-corrected chi connectivity index (χ3v) is 6.36. The minimum Gasteiger partial charge on any atom is -0.466 e. The number of amides is 1. The fourth-order valence-corrected chi connectivity index (χ4v) is 4.92. The summed E-state index contributed by atoms with van der Waals surface area (Å²) in [5.74, 6) is -0.649. The van der Waals surface area contributed by atoms with Crippen LogP contribution in [0.1, 0.15) is 44.2 Å². The molecule has 4 rings (SSSR count). The number of hydrogen-bond acceptors (Lipinski definition) is 4. The van der Waals surface area contributed by atoms with Crippen LogP contribution in [0.25, 0.3) is 5.57 Å². The summed E-state index contributed by atoms with van der Waals surface area (Å²) in [5.41, 5.74) is 3.69. The van der Waals surface area contributed by atoms with Crippen molar-refractivity contribution in [3.63, 3.8) is 0 Å². The van der Waals surface area contributed by atoms with Gasteiger partial charge >= 0.3 is 12.1 Å². The Morgan fingerprint density at radius 3 is 2.44 bits per heavy atom. The van der Waals surface area contributed by atoms with Crippen molar-refractivity contribution in [3.8, 4) is 0 Å². The molecule has 0 radical (unpaired) electrons. The maximum atomic E-state index is 13.5. The van der Waals surface area contributed by atoms with E-state index >= 15 is 0 Å². The molecule has 0 spiro atoms. The minimum absolute atomic E-state index is 0.284. The van der Waals surface area contributed by atoms with Crippen LogP contribution in [0.3, 0.4) is 0 Å². The lowest BCUT2D eigenvalue weighted by Crippen LogP contribution is -2.43. The van der Waals surface area contributed by atoms with E-state index in [4.69, 9.17) is 9.47 Å². The summed E-state index contributed by atoms with van der Waals surface area (Å²) in [4.78, 5) is 27.7. The van der Waals surface area contributed by atoms with Gasteiger partial charge in [-0.2, -0.15) is 0 Å². The molecule has 2 aliphatic rings. The topological polar surface area (TPSA) is 55.8 Å². The number of carbonyl (C=O) groups excluding carboxylic acids is 2. The van der Waals surface area contributed by atoms with E-state index < -0.39 is 11.7 Å². The molecule has 0 saturated carbocycles. The molecular formula is C26H26BrNO4. The zero-order valence-electron chi connectivity index (χ0n) is 18.6. The molecule has 0 N–H and O–H groups in total. The highest BCUT2D eigenvalue weighted by Gasteiger charge is 2.45. The van der Waals surface area contributed by atoms with Crippen LogP contribution in [0.5, 0.6) is 0 Å². The van der Waals surface area contributed by atoms with Crippen molar-refractivity contribution in [1.29, 1.82) is 0 Å². The van der Waals surface area contributed by atoms with Gasteiger partial charge in [-0.25, -0.2) is 9.59 Å². The highest BCUT2D eigenvalue weighted by molar-refractivity contribution is 9.10. The molecular weight excluding hydrogens is 470 g/mol. The molecule has 2 aromatic rings. The number of anilines is 1. The largest absolute Gasteiger partial charge is 0.466 e. The Kier molecular flexibility index (Phi) is 5.99. The summed E-state index contributed by atoms with van der Waals surface area (Å²) in [6, 6.07) is 15.4. The normalized spacial score (nSPS) is 19.8. The van der Waals surface area contributed by atoms with E-state index in [1.54, 1.807) is 4.90 Å². The van der Waals surface area contributed by atoms with Crippen LogP contribution in [0, 0.1) is 0 Å². The predicted molar refractivity (Wildman–Crippen MR) is 129 cm³/mol. The molecule has 2 atom stereocenters. The molecule has 1 heterocycles. The lowest BCUT2D eigenvalue weighted by atomic mass is 9.86. The van der Waals surface area contributed by atoms with Crippen molar-refractivity contribution in [2.24, 2.45) is 0 Å². The van der Waals surface area contributed by atoms with E-state index in [2.05, 4.69) is 15.9 Å². The van der Waals surface area contributed by atoms with Crippen LogP contribution in [0.2, 0.25) is 0 Å². The molecule has 0 fully saturated rings. The molecule has 5 nitrogen and oxygen atoms in total. The fourth-order valence-electron chi connectivity index (χ4n) is 4.37. The second-order valence-electron chi connectivity index (χ2n) is 8.91. The molecule has 1 aliphatic carbocycles. The van der Waals surface area contributed by atoms with Gasteiger partial charge in [0.15, 0.2) is 0 Å². The Labute approximate surface area is 196 Å². The van der Waals surface area contributed by atoms with E-state index in [1.165, 1.54) is 7.11 Å². The number of hydrogen-bond donors (Lipinski definition) is 0. The highest BCUT2D eigenvalue weighted by atomic mass is 79.9. The Hall–Kier alpha value is -2.86. The maximum absolute atomic E-state index is 13.5. The van der Waals surface area contributed by atoms with E-state index in [0.29, 0.717) is 12.0 Å². The molecule has 2 aromatic carbocycles. The number of fused-ring (bicyclic) bond motifs is 3. The molecule has 0 saturated heterocycles. The van der Waals surface area contributed by atoms with Gasteiger partial charge in [-0.15, -0.1) is 0 Å². The van der Waals surface area contributed by atoms with Crippen molar-refractivity contribution in [2.75, 3.05) is 12.0 Å². The first-order valence-electron chi connectivity index (χ1n) is 10.6. The van der Waals surface area contributed by atoms with Crippen molar-refractivity contribution in [3.05, 3.63) is 81.9 Å². The summed E-state index contributed by atoms with van der Waals surface area (Å²) >= 11 is 3.67. The summed E-state index contributed by atoms with van der Waals surface area (Å²) in [6.45, 7) is 5.58. The third kappa shape index (κ3) is 4.11. The number of esters is 1. The Bertz CT molecular complexity index is 1130. The Balaban J connectivity index is 1.93. The molecule has 166 valence electrons. The van der Waals surface area contributed by atoms with Crippen molar-refractivity contribution >= 4 is 39.3 Å². The van der Waals surface area contributed by atoms with Gasteiger partial charge in [-0.3, -0.25) is 4.90 Å². The van der Waals surface area contributed by atoms with Gasteiger partial charge < -0.3 is 9.47 Å². The number of ether oxygens (including phenoxy) is 2. The van der Waals surface area contributed by atoms with E-state index in [-0.39, 0.29) is 17.9 Å². The molecule has 1 amide bonds. The second kappa shape index (κ2) is 8.58. The average molecular weight is 496 g/mol. The van der Waals surface area contributed by atoms with Gasteiger partial charge in [0.05, 0.1) is 18.8 Å². The first-order chi connectivity index (χ1) is 15.2.